The van der Waals surface area contributed by atoms with Crippen LogP contribution >= 0.6 is 20.1 Å². The Balaban J connectivity index is 1.07. The Morgan fingerprint density at radius 3 is 0.750 bits per heavy atom. The topological polar surface area (TPSA) is 0 Å². The van der Waals surface area contributed by atoms with Crippen molar-refractivity contribution in [3.63, 3.8) is 0 Å². The first-order valence-corrected chi connectivity index (χ1v) is 29.8. The van der Waals surface area contributed by atoms with Crippen LogP contribution in [0.25, 0.3) is 87.4 Å². The third-order valence-electron chi connectivity index (χ3n) is 14.4. The molecule has 0 nitrogen and oxygen atoms in total. The quantitative estimate of drug-likeness (QED) is 0.128. The fraction of sp³-hybridized carbons (Fsp3) is 0.0571. The summed E-state index contributed by atoms with van der Waals surface area (Å²) in [6, 6.07) is 94.2. The van der Waals surface area contributed by atoms with Crippen LogP contribution < -0.4 is 0 Å². The fourth-order valence-corrected chi connectivity index (χ4v) is 16.3. The van der Waals surface area contributed by atoms with Crippen molar-refractivity contribution in [2.75, 3.05) is 25.0 Å². The molecule has 0 unspecified atom stereocenters. The maximum Gasteiger partial charge on any atom is 0.00892 e. The molecule has 0 spiro atoms. The molecule has 0 aromatic heterocycles. The molecule has 2 heterocycles. The number of hydrogen-bond donors (Lipinski definition) is 0. The average molecular weight is 961 g/mol. The summed E-state index contributed by atoms with van der Waals surface area (Å²) in [6.07, 6.45) is 9.78. The van der Waals surface area contributed by atoms with Crippen molar-refractivity contribution >= 4 is 62.9 Å². The minimum atomic E-state index is -1.31. The molecule has 0 aliphatic carbocycles. The largest absolute Gasteiger partial charge is 0.198 e. The van der Waals surface area contributed by atoms with Gasteiger partial charge in [0.2, 0.25) is 0 Å². The van der Waals surface area contributed by atoms with E-state index in [1.807, 2.05) is 0 Å². The Kier molecular flexibility index (Phi) is 11.8. The minimum absolute atomic E-state index is 1.19. The molecule has 0 saturated heterocycles. The Morgan fingerprint density at radius 2 is 0.444 bits per heavy atom. The highest BCUT2D eigenvalue weighted by Gasteiger charge is 2.34. The van der Waals surface area contributed by atoms with E-state index in [1.54, 1.807) is 0 Å². The van der Waals surface area contributed by atoms with E-state index in [0.717, 1.165) is 0 Å². The molecule has 0 saturated carbocycles. The third-order valence-corrected chi connectivity index (χ3v) is 19.0. The fourth-order valence-electron chi connectivity index (χ4n) is 11.3. The Hall–Kier alpha value is -7.88. The van der Waals surface area contributed by atoms with Crippen LogP contribution in [0.5, 0.6) is 0 Å². The normalized spacial score (nSPS) is 15.8. The van der Waals surface area contributed by atoms with E-state index in [9.17, 15) is 0 Å². The van der Waals surface area contributed by atoms with Gasteiger partial charge in [-0.2, -0.15) is 20.1 Å². The van der Waals surface area contributed by atoms with Gasteiger partial charge in [0.1, 0.15) is 0 Å². The lowest BCUT2D eigenvalue weighted by Crippen LogP contribution is -1.99. The molecule has 0 fully saturated rings. The lowest BCUT2D eigenvalue weighted by molar-refractivity contribution is 1.55. The van der Waals surface area contributed by atoms with Crippen LogP contribution in [0.2, 0.25) is 0 Å². The van der Waals surface area contributed by atoms with E-state index in [-0.39, 0.29) is 0 Å². The van der Waals surface area contributed by atoms with E-state index in [4.69, 9.17) is 0 Å². The van der Waals surface area contributed by atoms with Gasteiger partial charge in [0.25, 0.3) is 0 Å². The zero-order valence-corrected chi connectivity index (χ0v) is 42.9. The number of hydrogen-bond acceptors (Lipinski definition) is 0. The van der Waals surface area contributed by atoms with Gasteiger partial charge in [-0.25, -0.2) is 0 Å². The molecular weight excluding hydrogens is 905 g/mol. The summed E-state index contributed by atoms with van der Waals surface area (Å²) in [6.45, 7) is 0. The highest BCUT2D eigenvalue weighted by atomic mass is 32.3. The van der Waals surface area contributed by atoms with Gasteiger partial charge >= 0.3 is 0 Å². The predicted octanol–water partition coefficient (Wildman–Crippen LogP) is 19.5. The van der Waals surface area contributed by atoms with E-state index in [1.165, 1.54) is 121 Å². The van der Waals surface area contributed by atoms with Crippen LogP contribution in [0.1, 0.15) is 33.4 Å². The Labute approximate surface area is 428 Å². The van der Waals surface area contributed by atoms with Crippen molar-refractivity contribution in [3.8, 4) is 44.5 Å². The summed E-state index contributed by atoms with van der Waals surface area (Å²) in [4.78, 5) is 2.86. The van der Waals surface area contributed by atoms with Gasteiger partial charge in [-0.3, -0.25) is 0 Å². The molecular formula is C70H56S2. The van der Waals surface area contributed by atoms with Gasteiger partial charge in [0, 0.05) is 21.0 Å². The lowest BCUT2D eigenvalue weighted by Gasteiger charge is -2.29. The SMILES string of the molecule is CS1(C)C=C(c2ccccc2)C(c2ccccc2)=C1c1ccc(-c2c(-c3ccccc3)c(-c3ccccc3)c(-c3ccc(C4=C(c5ccccc5)C(c5ccccc5)=CS4(C)C)cc3)c3ccccc23)cc1. The van der Waals surface area contributed by atoms with Gasteiger partial charge < -0.3 is 0 Å². The van der Waals surface area contributed by atoms with Gasteiger partial charge in [0.15, 0.2) is 0 Å². The number of allylic oxidation sites excluding steroid dienone is 4. The molecule has 2 aliphatic rings. The van der Waals surface area contributed by atoms with Crippen molar-refractivity contribution in [2.24, 2.45) is 0 Å². The third kappa shape index (κ3) is 8.11. The molecule has 10 aromatic rings. The summed E-state index contributed by atoms with van der Waals surface area (Å²) >= 11 is 0. The molecule has 0 bridgehead atoms. The van der Waals surface area contributed by atoms with Crippen LogP contribution in [-0.2, 0) is 0 Å². The van der Waals surface area contributed by atoms with Crippen molar-refractivity contribution in [1.82, 2.24) is 0 Å². The summed E-state index contributed by atoms with van der Waals surface area (Å²) in [5.41, 5.74) is 22.7. The molecule has 10 aromatic carbocycles. The highest BCUT2D eigenvalue weighted by molar-refractivity contribution is 8.43. The summed E-state index contributed by atoms with van der Waals surface area (Å²) < 4.78 is 0. The second kappa shape index (κ2) is 18.7. The molecule has 2 aliphatic heterocycles. The van der Waals surface area contributed by atoms with E-state index in [0.29, 0.717) is 0 Å². The minimum Gasteiger partial charge on any atom is -0.198 e. The van der Waals surface area contributed by atoms with Crippen LogP contribution in [-0.4, -0.2) is 25.0 Å². The molecule has 12 rings (SSSR count). The molecule has 72 heavy (non-hydrogen) atoms. The first kappa shape index (κ1) is 45.3. The summed E-state index contributed by atoms with van der Waals surface area (Å²) in [7, 11) is -2.62. The van der Waals surface area contributed by atoms with Crippen LogP contribution in [0.3, 0.4) is 0 Å². The molecule has 2 heteroatoms. The zero-order chi connectivity index (χ0) is 48.8. The van der Waals surface area contributed by atoms with Crippen LogP contribution in [0, 0.1) is 0 Å². The van der Waals surface area contributed by atoms with Crippen molar-refractivity contribution in [3.05, 3.63) is 299 Å². The number of rotatable bonds is 10. The number of benzene rings is 10. The Morgan fingerprint density at radius 1 is 0.208 bits per heavy atom. The second-order valence-electron chi connectivity index (χ2n) is 19.7. The maximum atomic E-state index is 2.56. The maximum absolute atomic E-state index is 2.56. The standard InChI is InChI=1S/C70H56S2/c1-71(2)47-61(49-25-11-5-12-26-49)65(51-29-15-7-16-30-51)69(71)57-43-39-55(40-44-57)63-59-37-23-24-38-60(59)64(68(54-35-21-10-22-36-54)67(63)53-33-19-9-20-34-53)56-41-45-58(46-42-56)70-66(52-31-17-8-18-32-52)62(48-72(70,3)4)50-27-13-6-14-28-50/h5-48H,1-4H3. The molecule has 0 amide bonds. The smallest absolute Gasteiger partial charge is 0.00892 e. The molecule has 0 N–H and O–H groups in total. The van der Waals surface area contributed by atoms with Gasteiger partial charge in [-0.1, -0.05) is 255 Å². The summed E-state index contributed by atoms with van der Waals surface area (Å²) in [5.74, 6) is 0. The molecule has 0 radical (unpaired) electrons. The molecule has 348 valence electrons. The lowest BCUT2D eigenvalue weighted by atomic mass is 9.78. The van der Waals surface area contributed by atoms with Crippen LogP contribution in [0.15, 0.2) is 266 Å². The van der Waals surface area contributed by atoms with E-state index in [2.05, 4.69) is 291 Å². The molecule has 0 atom stereocenters. The van der Waals surface area contributed by atoms with Gasteiger partial charge in [-0.15, -0.1) is 0 Å². The van der Waals surface area contributed by atoms with Gasteiger partial charge in [0.05, 0.1) is 0 Å². The van der Waals surface area contributed by atoms with Crippen molar-refractivity contribution < 1.29 is 0 Å². The number of fused-ring (bicyclic) bond motifs is 1. The van der Waals surface area contributed by atoms with Gasteiger partial charge in [-0.05, 0) is 136 Å². The average Bonchev–Trinajstić information content (AvgIpc) is 3.90. The van der Waals surface area contributed by atoms with E-state index >= 15 is 0 Å². The monoisotopic (exact) mass is 960 g/mol. The first-order chi connectivity index (χ1) is 35.2. The first-order valence-electron chi connectivity index (χ1n) is 24.8. The second-order valence-corrected chi connectivity index (χ2v) is 26.6. The van der Waals surface area contributed by atoms with Crippen molar-refractivity contribution in [2.45, 2.75) is 0 Å². The Bertz CT molecular complexity index is 3500. The predicted molar refractivity (Wildman–Crippen MR) is 320 cm³/mol. The highest BCUT2D eigenvalue weighted by Crippen LogP contribution is 2.68. The van der Waals surface area contributed by atoms with Crippen LogP contribution in [0.4, 0.5) is 0 Å². The summed E-state index contributed by atoms with van der Waals surface area (Å²) in [5, 5.41) is 7.58. The zero-order valence-electron chi connectivity index (χ0n) is 41.2. The van der Waals surface area contributed by atoms with Crippen molar-refractivity contribution in [1.29, 1.82) is 0 Å². The van der Waals surface area contributed by atoms with E-state index < -0.39 is 20.1 Å².